The number of benzene rings is 1. The van der Waals surface area contributed by atoms with Crippen LogP contribution in [0.15, 0.2) is 36.7 Å². The second kappa shape index (κ2) is 6.31. The lowest BCUT2D eigenvalue weighted by atomic mass is 9.88. The number of aromatic nitrogens is 2. The Kier molecular flexibility index (Phi) is 4.25. The zero-order valence-electron chi connectivity index (χ0n) is 12.7. The fourth-order valence-electron chi connectivity index (χ4n) is 3.11. The predicted octanol–water partition coefficient (Wildman–Crippen LogP) is 3.06. The summed E-state index contributed by atoms with van der Waals surface area (Å²) in [5, 5.41) is 3.61. The summed E-state index contributed by atoms with van der Waals surface area (Å²) in [6.07, 6.45) is 7.24. The molecule has 0 bridgehead atoms. The first-order chi connectivity index (χ1) is 10.3. The van der Waals surface area contributed by atoms with Crippen LogP contribution in [0.3, 0.4) is 0 Å². The van der Waals surface area contributed by atoms with Gasteiger partial charge in [-0.15, -0.1) is 0 Å². The first kappa shape index (κ1) is 14.1. The molecule has 21 heavy (non-hydrogen) atoms. The Labute approximate surface area is 126 Å². The van der Waals surface area contributed by atoms with Crippen LogP contribution in [0.1, 0.15) is 30.5 Å². The lowest BCUT2D eigenvalue weighted by Gasteiger charge is -2.27. The summed E-state index contributed by atoms with van der Waals surface area (Å²) in [6.45, 7) is 2.84. The van der Waals surface area contributed by atoms with Gasteiger partial charge in [0.1, 0.15) is 0 Å². The number of anilines is 1. The second-order valence-electron chi connectivity index (χ2n) is 5.82. The summed E-state index contributed by atoms with van der Waals surface area (Å²) in [7, 11) is 1.73. The zero-order valence-corrected chi connectivity index (χ0v) is 12.7. The molecule has 0 saturated carbocycles. The predicted molar refractivity (Wildman–Crippen MR) is 84.7 cm³/mol. The fourth-order valence-corrected chi connectivity index (χ4v) is 3.11. The molecule has 1 heterocycles. The van der Waals surface area contributed by atoms with Gasteiger partial charge < -0.3 is 14.6 Å². The average molecular weight is 285 g/mol. The van der Waals surface area contributed by atoms with Gasteiger partial charge in [0.15, 0.2) is 0 Å². The van der Waals surface area contributed by atoms with Gasteiger partial charge in [0.2, 0.25) is 5.95 Å². The van der Waals surface area contributed by atoms with Crippen LogP contribution in [-0.4, -0.2) is 29.3 Å². The highest BCUT2D eigenvalue weighted by Gasteiger charge is 2.20. The molecule has 2 unspecified atom stereocenters. The summed E-state index contributed by atoms with van der Waals surface area (Å²) < 4.78 is 7.40. The van der Waals surface area contributed by atoms with E-state index in [0.29, 0.717) is 12.6 Å². The van der Waals surface area contributed by atoms with Crippen LogP contribution in [0.4, 0.5) is 5.95 Å². The molecule has 0 radical (unpaired) electrons. The first-order valence-corrected chi connectivity index (χ1v) is 7.63. The number of nitrogens with one attached hydrogen (secondary N) is 1. The molecule has 0 saturated heterocycles. The smallest absolute Gasteiger partial charge is 0.203 e. The third-order valence-corrected chi connectivity index (χ3v) is 4.23. The van der Waals surface area contributed by atoms with Crippen molar-refractivity contribution in [3.05, 3.63) is 47.8 Å². The number of imidazole rings is 1. The lowest BCUT2D eigenvalue weighted by molar-refractivity contribution is 0.163. The molecule has 1 N–H and O–H groups in total. The molecule has 112 valence electrons. The molecular formula is C17H23N3O. The molecule has 2 aromatic rings. The molecule has 3 rings (SSSR count). The minimum Gasteiger partial charge on any atom is -0.383 e. The molecule has 1 aromatic heterocycles. The maximum atomic E-state index is 5.24. The van der Waals surface area contributed by atoms with Crippen molar-refractivity contribution >= 4 is 5.95 Å². The maximum absolute atomic E-state index is 5.24. The van der Waals surface area contributed by atoms with Gasteiger partial charge in [0.05, 0.1) is 12.6 Å². The maximum Gasteiger partial charge on any atom is 0.203 e. The Morgan fingerprint density at radius 3 is 3.00 bits per heavy atom. The third-order valence-electron chi connectivity index (χ3n) is 4.23. The van der Waals surface area contributed by atoms with E-state index in [9.17, 15) is 0 Å². The highest BCUT2D eigenvalue weighted by Crippen LogP contribution is 2.24. The quantitative estimate of drug-likeness (QED) is 0.917. The van der Waals surface area contributed by atoms with E-state index >= 15 is 0 Å². The third kappa shape index (κ3) is 3.10. The van der Waals surface area contributed by atoms with E-state index in [-0.39, 0.29) is 6.04 Å². The van der Waals surface area contributed by atoms with Gasteiger partial charge in [-0.3, -0.25) is 0 Å². The highest BCUT2D eigenvalue weighted by atomic mass is 16.5. The van der Waals surface area contributed by atoms with Gasteiger partial charge in [0, 0.05) is 25.5 Å². The largest absolute Gasteiger partial charge is 0.383 e. The van der Waals surface area contributed by atoms with E-state index in [1.54, 1.807) is 7.11 Å². The van der Waals surface area contributed by atoms with E-state index in [0.717, 1.165) is 25.2 Å². The van der Waals surface area contributed by atoms with Crippen LogP contribution < -0.4 is 5.32 Å². The van der Waals surface area contributed by atoms with Crippen molar-refractivity contribution < 1.29 is 4.74 Å². The Balaban J connectivity index is 1.70. The van der Waals surface area contributed by atoms with Crippen LogP contribution in [0.25, 0.3) is 0 Å². The van der Waals surface area contributed by atoms with Gasteiger partial charge >= 0.3 is 0 Å². The number of hydrogen-bond donors (Lipinski definition) is 1. The summed E-state index contributed by atoms with van der Waals surface area (Å²) >= 11 is 0. The minimum absolute atomic E-state index is 0.288. The Morgan fingerprint density at radius 1 is 1.38 bits per heavy atom. The Morgan fingerprint density at radius 2 is 2.19 bits per heavy atom. The number of methoxy groups -OCH3 is 1. The van der Waals surface area contributed by atoms with Crippen molar-refractivity contribution in [2.45, 2.75) is 38.3 Å². The van der Waals surface area contributed by atoms with Gasteiger partial charge in [-0.25, -0.2) is 4.98 Å². The number of aryl methyl sites for hydroxylation is 1. The lowest BCUT2D eigenvalue weighted by Crippen LogP contribution is -2.29. The van der Waals surface area contributed by atoms with Crippen LogP contribution in [0.2, 0.25) is 0 Å². The monoisotopic (exact) mass is 285 g/mol. The van der Waals surface area contributed by atoms with E-state index in [4.69, 9.17) is 4.74 Å². The van der Waals surface area contributed by atoms with Crippen molar-refractivity contribution in [2.75, 3.05) is 19.0 Å². The van der Waals surface area contributed by atoms with Crippen LogP contribution in [0.5, 0.6) is 0 Å². The van der Waals surface area contributed by atoms with Gasteiger partial charge in [-0.2, -0.15) is 0 Å². The molecule has 1 aliphatic carbocycles. The summed E-state index contributed by atoms with van der Waals surface area (Å²) in [4.78, 5) is 4.47. The van der Waals surface area contributed by atoms with E-state index in [1.807, 2.05) is 12.4 Å². The summed E-state index contributed by atoms with van der Waals surface area (Å²) in [6, 6.07) is 9.48. The molecule has 0 spiro atoms. The SMILES string of the molecule is COCC(C)n1ccnc1NC1CCc2ccccc2C1. The van der Waals surface area contributed by atoms with Crippen molar-refractivity contribution in [3.63, 3.8) is 0 Å². The fraction of sp³-hybridized carbons (Fsp3) is 0.471. The standard InChI is InChI=1S/C17H23N3O/c1-13(12-21-2)20-10-9-18-17(20)19-16-8-7-14-5-3-4-6-15(14)11-16/h3-6,9-10,13,16H,7-8,11-12H2,1-2H3,(H,18,19). The van der Waals surface area contributed by atoms with E-state index in [2.05, 4.69) is 46.1 Å². The number of rotatable bonds is 5. The normalized spacial score (nSPS) is 19.0. The van der Waals surface area contributed by atoms with Crippen LogP contribution in [-0.2, 0) is 17.6 Å². The molecule has 4 nitrogen and oxygen atoms in total. The molecule has 0 aliphatic heterocycles. The Hall–Kier alpha value is -1.81. The van der Waals surface area contributed by atoms with E-state index < -0.39 is 0 Å². The van der Waals surface area contributed by atoms with Crippen molar-refractivity contribution in [1.29, 1.82) is 0 Å². The number of hydrogen-bond acceptors (Lipinski definition) is 3. The number of nitrogens with zero attached hydrogens (tertiary/aromatic N) is 2. The van der Waals surface area contributed by atoms with E-state index in [1.165, 1.54) is 11.1 Å². The molecule has 4 heteroatoms. The number of fused-ring (bicyclic) bond motifs is 1. The van der Waals surface area contributed by atoms with Crippen LogP contribution in [0, 0.1) is 0 Å². The molecule has 0 amide bonds. The molecule has 0 fully saturated rings. The van der Waals surface area contributed by atoms with Crippen molar-refractivity contribution in [1.82, 2.24) is 9.55 Å². The van der Waals surface area contributed by atoms with Gasteiger partial charge in [-0.05, 0) is 37.3 Å². The highest BCUT2D eigenvalue weighted by molar-refractivity contribution is 5.35. The summed E-state index contributed by atoms with van der Waals surface area (Å²) in [5.41, 5.74) is 2.95. The number of ether oxygens (including phenoxy) is 1. The van der Waals surface area contributed by atoms with Crippen molar-refractivity contribution in [3.8, 4) is 0 Å². The molecular weight excluding hydrogens is 262 g/mol. The minimum atomic E-state index is 0.288. The molecule has 1 aromatic carbocycles. The van der Waals surface area contributed by atoms with Gasteiger partial charge in [-0.1, -0.05) is 24.3 Å². The zero-order chi connectivity index (χ0) is 14.7. The molecule has 1 aliphatic rings. The van der Waals surface area contributed by atoms with Crippen molar-refractivity contribution in [2.24, 2.45) is 0 Å². The van der Waals surface area contributed by atoms with Gasteiger partial charge in [0.25, 0.3) is 0 Å². The first-order valence-electron chi connectivity index (χ1n) is 7.63. The topological polar surface area (TPSA) is 39.1 Å². The molecule has 2 atom stereocenters. The second-order valence-corrected chi connectivity index (χ2v) is 5.82. The average Bonchev–Trinajstić information content (AvgIpc) is 2.95. The van der Waals surface area contributed by atoms with Crippen LogP contribution >= 0.6 is 0 Å². The Bertz CT molecular complexity index is 593. The summed E-state index contributed by atoms with van der Waals surface area (Å²) in [5.74, 6) is 0.948.